The molecule has 2 N–H and O–H groups in total. The van der Waals surface area contributed by atoms with E-state index in [2.05, 4.69) is 63.6 Å². The lowest BCUT2D eigenvalue weighted by Crippen LogP contribution is -2.35. The molecule has 0 atom stereocenters. The first-order chi connectivity index (χ1) is 17.4. The molecule has 0 spiro atoms. The molecule has 0 fully saturated rings. The highest BCUT2D eigenvalue weighted by Crippen LogP contribution is 2.16. The summed E-state index contributed by atoms with van der Waals surface area (Å²) >= 11 is 0. The Labute approximate surface area is 212 Å². The maximum atomic E-state index is 12.9. The molecule has 188 valence electrons. The molecule has 0 unspecified atom stereocenters. The summed E-state index contributed by atoms with van der Waals surface area (Å²) in [5.74, 6) is -0.715. The predicted octanol–water partition coefficient (Wildman–Crippen LogP) is 3.40. The fraction of sp³-hybridized carbons (Fsp3) is 0.321. The van der Waals surface area contributed by atoms with Crippen LogP contribution in [0.2, 0.25) is 0 Å². The lowest BCUT2D eigenvalue weighted by molar-refractivity contribution is 0.101. The number of likely N-dealkylation sites (N-methyl/N-ethyl adjacent to an activating group) is 3. The van der Waals surface area contributed by atoms with Crippen LogP contribution in [0, 0.1) is 0 Å². The Morgan fingerprint density at radius 1 is 0.611 bits per heavy atom. The number of aromatic nitrogens is 1. The summed E-state index contributed by atoms with van der Waals surface area (Å²) in [6.07, 6.45) is 0. The third-order valence-electron chi connectivity index (χ3n) is 6.22. The maximum absolute atomic E-state index is 12.9. The van der Waals surface area contributed by atoms with Gasteiger partial charge < -0.3 is 25.3 Å². The van der Waals surface area contributed by atoms with Gasteiger partial charge in [-0.1, -0.05) is 30.3 Å². The van der Waals surface area contributed by atoms with Crippen LogP contribution in [0.25, 0.3) is 0 Å². The highest BCUT2D eigenvalue weighted by molar-refractivity contribution is 6.06. The highest BCUT2D eigenvalue weighted by atomic mass is 16.2. The predicted molar refractivity (Wildman–Crippen MR) is 143 cm³/mol. The average molecular weight is 487 g/mol. The molecule has 2 aromatic carbocycles. The van der Waals surface area contributed by atoms with Crippen molar-refractivity contribution in [2.24, 2.45) is 0 Å². The van der Waals surface area contributed by atoms with Crippen LogP contribution in [-0.2, 0) is 13.1 Å². The number of carbonyl (C=O) groups excluding carboxylic acids is 2. The van der Waals surface area contributed by atoms with Gasteiger partial charge in [-0.05, 0) is 68.7 Å². The first-order valence-electron chi connectivity index (χ1n) is 12.2. The van der Waals surface area contributed by atoms with E-state index in [1.807, 2.05) is 36.4 Å². The van der Waals surface area contributed by atoms with Crippen molar-refractivity contribution in [3.63, 3.8) is 0 Å². The van der Waals surface area contributed by atoms with Crippen LogP contribution in [0.15, 0.2) is 66.7 Å². The summed E-state index contributed by atoms with van der Waals surface area (Å²) in [5, 5.41) is 5.82. The van der Waals surface area contributed by atoms with E-state index in [-0.39, 0.29) is 23.2 Å². The molecule has 2 amide bonds. The number of benzene rings is 2. The lowest BCUT2D eigenvalue weighted by Gasteiger charge is -2.25. The maximum Gasteiger partial charge on any atom is 0.274 e. The van der Waals surface area contributed by atoms with Crippen LogP contribution in [-0.4, -0.2) is 78.8 Å². The van der Waals surface area contributed by atoms with Gasteiger partial charge in [0, 0.05) is 50.6 Å². The van der Waals surface area contributed by atoms with E-state index in [0.717, 1.165) is 50.4 Å². The van der Waals surface area contributed by atoms with Crippen LogP contribution in [0.1, 0.15) is 32.1 Å². The zero-order chi connectivity index (χ0) is 25.5. The van der Waals surface area contributed by atoms with Gasteiger partial charge in [0.25, 0.3) is 11.8 Å². The molecule has 36 heavy (non-hydrogen) atoms. The number of carbonyl (C=O) groups is 2. The number of nitrogens with zero attached hydrogens (tertiary/aromatic N) is 4. The second kappa shape index (κ2) is 11.9. The van der Waals surface area contributed by atoms with E-state index in [4.69, 9.17) is 0 Å². The first-order valence-corrected chi connectivity index (χ1v) is 12.2. The number of hydrogen-bond donors (Lipinski definition) is 2. The lowest BCUT2D eigenvalue weighted by atomic mass is 10.1. The summed E-state index contributed by atoms with van der Waals surface area (Å²) in [7, 11) is 6.36. The summed E-state index contributed by atoms with van der Waals surface area (Å²) in [6.45, 7) is 5.36. The number of pyridine rings is 1. The Bertz CT molecular complexity index is 1130. The van der Waals surface area contributed by atoms with E-state index in [1.54, 1.807) is 18.2 Å². The molecule has 3 aromatic rings. The van der Waals surface area contributed by atoms with Crippen molar-refractivity contribution < 1.29 is 9.59 Å². The molecule has 1 aliphatic heterocycles. The van der Waals surface area contributed by atoms with Gasteiger partial charge in [0.1, 0.15) is 11.4 Å². The fourth-order valence-corrected chi connectivity index (χ4v) is 4.15. The van der Waals surface area contributed by atoms with Crippen molar-refractivity contribution in [2.75, 3.05) is 58.0 Å². The standard InChI is InChI=1S/C28H34N6O2/c1-32-13-15-33(2)19-21-7-4-9-23(17-21)29-27(35)25-11-6-12-26(31-25)28(36)30-24-10-5-8-22(18-24)20-34(3)16-14-32/h4-12,17-18H,13-16,19-20H2,1-3H3,(H,29,35)(H,30,36). The van der Waals surface area contributed by atoms with Gasteiger partial charge in [-0.15, -0.1) is 0 Å². The van der Waals surface area contributed by atoms with Gasteiger partial charge in [-0.25, -0.2) is 4.98 Å². The Hall–Kier alpha value is -3.59. The van der Waals surface area contributed by atoms with Crippen molar-refractivity contribution in [3.05, 3.63) is 89.2 Å². The Kier molecular flexibility index (Phi) is 8.43. The highest BCUT2D eigenvalue weighted by Gasteiger charge is 2.14. The van der Waals surface area contributed by atoms with E-state index < -0.39 is 0 Å². The third-order valence-corrected chi connectivity index (χ3v) is 6.22. The van der Waals surface area contributed by atoms with Crippen LogP contribution in [0.5, 0.6) is 0 Å². The van der Waals surface area contributed by atoms with E-state index in [0.29, 0.717) is 11.4 Å². The Morgan fingerprint density at radius 3 is 1.50 bits per heavy atom. The molecule has 8 nitrogen and oxygen atoms in total. The van der Waals surface area contributed by atoms with Crippen molar-refractivity contribution in [1.82, 2.24) is 19.7 Å². The normalized spacial score (nSPS) is 17.4. The van der Waals surface area contributed by atoms with Crippen LogP contribution < -0.4 is 10.6 Å². The third kappa shape index (κ3) is 7.21. The first kappa shape index (κ1) is 25.5. The molecular formula is C28H34N6O2. The molecular weight excluding hydrogens is 452 g/mol. The largest absolute Gasteiger partial charge is 0.321 e. The zero-order valence-corrected chi connectivity index (χ0v) is 21.2. The number of fused-ring (bicyclic) bond motifs is 6. The molecule has 0 radical (unpaired) electrons. The minimum atomic E-state index is -0.357. The molecule has 2 heterocycles. The number of rotatable bonds is 0. The Balaban J connectivity index is 1.58. The minimum Gasteiger partial charge on any atom is -0.321 e. The zero-order valence-electron chi connectivity index (χ0n) is 21.2. The van der Waals surface area contributed by atoms with Gasteiger partial charge in [-0.3, -0.25) is 9.59 Å². The second-order valence-corrected chi connectivity index (χ2v) is 9.50. The van der Waals surface area contributed by atoms with Gasteiger partial charge in [0.05, 0.1) is 0 Å². The minimum absolute atomic E-state index is 0.186. The molecule has 0 saturated heterocycles. The van der Waals surface area contributed by atoms with Gasteiger partial charge in [-0.2, -0.15) is 0 Å². The summed E-state index contributed by atoms with van der Waals surface area (Å²) in [4.78, 5) is 37.0. The topological polar surface area (TPSA) is 80.8 Å². The molecule has 1 aliphatic rings. The summed E-state index contributed by atoms with van der Waals surface area (Å²) in [6, 6.07) is 20.5. The molecule has 8 heteroatoms. The molecule has 0 saturated carbocycles. The molecule has 6 bridgehead atoms. The van der Waals surface area contributed by atoms with Crippen molar-refractivity contribution in [3.8, 4) is 0 Å². The second-order valence-electron chi connectivity index (χ2n) is 9.50. The van der Waals surface area contributed by atoms with Gasteiger partial charge in [0.2, 0.25) is 0 Å². The average Bonchev–Trinajstić information content (AvgIpc) is 2.86. The number of nitrogens with one attached hydrogen (secondary N) is 2. The van der Waals surface area contributed by atoms with Crippen molar-refractivity contribution in [2.45, 2.75) is 13.1 Å². The van der Waals surface area contributed by atoms with Crippen LogP contribution >= 0.6 is 0 Å². The van der Waals surface area contributed by atoms with Crippen molar-refractivity contribution in [1.29, 1.82) is 0 Å². The fourth-order valence-electron chi connectivity index (χ4n) is 4.15. The monoisotopic (exact) mass is 486 g/mol. The number of hydrogen-bond acceptors (Lipinski definition) is 6. The van der Waals surface area contributed by atoms with Crippen LogP contribution in [0.3, 0.4) is 0 Å². The number of anilines is 2. The van der Waals surface area contributed by atoms with Crippen molar-refractivity contribution >= 4 is 23.2 Å². The van der Waals surface area contributed by atoms with E-state index >= 15 is 0 Å². The molecule has 1 aromatic heterocycles. The molecule has 4 rings (SSSR count). The molecule has 0 aliphatic carbocycles. The summed E-state index contributed by atoms with van der Waals surface area (Å²) in [5.41, 5.74) is 3.99. The van der Waals surface area contributed by atoms with Gasteiger partial charge in [0.15, 0.2) is 0 Å². The van der Waals surface area contributed by atoms with Gasteiger partial charge >= 0.3 is 0 Å². The SMILES string of the molecule is CN1CCN(C)Cc2cccc(c2)NC(=O)c2cccc(n2)C(=O)Nc2cccc(c2)CN(C)CC1. The van der Waals surface area contributed by atoms with E-state index in [9.17, 15) is 9.59 Å². The Morgan fingerprint density at radius 2 is 1.03 bits per heavy atom. The van der Waals surface area contributed by atoms with E-state index in [1.165, 1.54) is 0 Å². The quantitative estimate of drug-likeness (QED) is 0.507. The van der Waals surface area contributed by atoms with Crippen LogP contribution in [0.4, 0.5) is 11.4 Å². The summed E-state index contributed by atoms with van der Waals surface area (Å²) < 4.78 is 0. The number of amides is 2. The smallest absolute Gasteiger partial charge is 0.274 e.